The monoisotopic (exact) mass is 564 g/mol. The molecule has 2 heterocycles. The largest absolute Gasteiger partial charge is 0.508 e. The number of fused-ring (bicyclic) bond motifs is 1. The van der Waals surface area contributed by atoms with Gasteiger partial charge in [-0.15, -0.1) is 0 Å². The van der Waals surface area contributed by atoms with Crippen molar-refractivity contribution in [3.8, 4) is 5.75 Å². The number of phenols is 1. The molecule has 2 fully saturated rings. The van der Waals surface area contributed by atoms with Crippen molar-refractivity contribution in [2.45, 2.75) is 83.7 Å². The molecule has 1 aromatic carbocycles. The van der Waals surface area contributed by atoms with Crippen LogP contribution in [0.15, 0.2) is 34.8 Å². The molecule has 1 saturated carbocycles. The summed E-state index contributed by atoms with van der Waals surface area (Å²) in [7, 11) is 0. The number of hydrogen-bond donors (Lipinski definition) is 1. The molecule has 0 amide bonds. The van der Waals surface area contributed by atoms with Gasteiger partial charge in [0.1, 0.15) is 18.1 Å². The van der Waals surface area contributed by atoms with Gasteiger partial charge in [-0.2, -0.15) is 13.2 Å². The standard InChI is InChI=1S/C30H39F3N2O5/c1-19-20(2)39-11-10-35(19)17-28(37)27-15-24-7-6-21(4-3-5-23(24)8-9-34-27)14-29(38)40-18-22-12-25(30(31,32)33)16-26(36)13-22/h12-13,15-16,19-21,23,36H,3-11,14,17-18H2,1-2H3. The van der Waals surface area contributed by atoms with Crippen LogP contribution in [0.5, 0.6) is 5.75 Å². The number of ketones is 1. The third-order valence-corrected chi connectivity index (χ3v) is 8.42. The lowest BCUT2D eigenvalue weighted by molar-refractivity contribution is -0.146. The van der Waals surface area contributed by atoms with Gasteiger partial charge in [-0.1, -0.05) is 12.0 Å². The number of nitrogens with zero attached hydrogens (tertiary/aromatic N) is 2. The number of alkyl halides is 3. The van der Waals surface area contributed by atoms with Crippen molar-refractivity contribution in [2.75, 3.05) is 26.2 Å². The zero-order valence-corrected chi connectivity index (χ0v) is 23.2. The van der Waals surface area contributed by atoms with E-state index in [9.17, 15) is 27.9 Å². The molecule has 0 spiro atoms. The van der Waals surface area contributed by atoms with Gasteiger partial charge in [-0.05, 0) is 87.6 Å². The zero-order chi connectivity index (χ0) is 28.9. The maximum atomic E-state index is 13.2. The number of ether oxygens (including phenoxy) is 2. The molecule has 1 N–H and O–H groups in total. The van der Waals surface area contributed by atoms with E-state index in [-0.39, 0.29) is 42.4 Å². The van der Waals surface area contributed by atoms with E-state index in [1.54, 1.807) is 0 Å². The lowest BCUT2D eigenvalue weighted by atomic mass is 9.80. The van der Waals surface area contributed by atoms with Crippen molar-refractivity contribution >= 4 is 17.5 Å². The summed E-state index contributed by atoms with van der Waals surface area (Å²) in [5, 5.41) is 9.63. The minimum Gasteiger partial charge on any atom is -0.508 e. The van der Waals surface area contributed by atoms with Gasteiger partial charge in [0.25, 0.3) is 0 Å². The van der Waals surface area contributed by atoms with E-state index in [2.05, 4.69) is 16.8 Å². The highest BCUT2D eigenvalue weighted by Gasteiger charge is 2.32. The first kappa shape index (κ1) is 30.2. The molecule has 0 bridgehead atoms. The van der Waals surface area contributed by atoms with E-state index in [0.717, 1.165) is 57.2 Å². The second kappa shape index (κ2) is 13.3. The van der Waals surface area contributed by atoms with Gasteiger partial charge in [0, 0.05) is 25.6 Å². The Balaban J connectivity index is 1.32. The third kappa shape index (κ3) is 8.16. The molecule has 220 valence electrons. The highest BCUT2D eigenvalue weighted by molar-refractivity contribution is 6.45. The molecule has 40 heavy (non-hydrogen) atoms. The predicted molar refractivity (Wildman–Crippen MR) is 144 cm³/mol. The second-order valence-electron chi connectivity index (χ2n) is 11.3. The Bertz CT molecular complexity index is 1130. The van der Waals surface area contributed by atoms with Gasteiger partial charge < -0.3 is 14.6 Å². The highest BCUT2D eigenvalue weighted by atomic mass is 19.4. The lowest BCUT2D eigenvalue weighted by Gasteiger charge is -2.37. The van der Waals surface area contributed by atoms with Gasteiger partial charge in [0.15, 0.2) is 5.78 Å². The number of aromatic hydroxyl groups is 1. The second-order valence-corrected chi connectivity index (χ2v) is 11.3. The SMILES string of the molecule is CC1OCCN(CC(=O)C2=NCCC3CCCC(CC(=O)OCc4cc(O)cc(C(F)(F)F)c4)CCC3=C2)C1C. The number of morpholine rings is 1. The molecule has 1 saturated heterocycles. The van der Waals surface area contributed by atoms with Gasteiger partial charge in [-0.3, -0.25) is 19.5 Å². The Labute approximate surface area is 233 Å². The Kier molecular flexibility index (Phi) is 10.1. The summed E-state index contributed by atoms with van der Waals surface area (Å²) in [6.07, 6.45) is 2.84. The van der Waals surface area contributed by atoms with Gasteiger partial charge in [-0.25, -0.2) is 0 Å². The number of carbonyl (C=O) groups excluding carboxylic acids is 2. The summed E-state index contributed by atoms with van der Waals surface area (Å²) in [6, 6.07) is 2.84. The molecule has 4 rings (SSSR count). The first-order valence-electron chi connectivity index (χ1n) is 14.2. The van der Waals surface area contributed by atoms with Gasteiger partial charge in [0.2, 0.25) is 0 Å². The maximum absolute atomic E-state index is 13.2. The maximum Gasteiger partial charge on any atom is 0.416 e. The molecule has 1 aromatic rings. The predicted octanol–water partition coefficient (Wildman–Crippen LogP) is 5.49. The van der Waals surface area contributed by atoms with Crippen LogP contribution in [0.1, 0.15) is 69.9 Å². The number of allylic oxidation sites excluding steroid dienone is 2. The Morgan fingerprint density at radius 1 is 1.15 bits per heavy atom. The van der Waals surface area contributed by atoms with E-state index >= 15 is 0 Å². The molecule has 0 aromatic heterocycles. The first-order valence-corrected chi connectivity index (χ1v) is 14.2. The van der Waals surface area contributed by atoms with Crippen LogP contribution in [0.2, 0.25) is 0 Å². The number of halogens is 3. The molecule has 4 unspecified atom stereocenters. The van der Waals surface area contributed by atoms with Crippen molar-refractivity contribution < 1.29 is 37.3 Å². The molecular formula is C30H39F3N2O5. The number of aliphatic imine (C=N–C) groups is 1. The molecule has 1 aliphatic carbocycles. The number of benzene rings is 1. The molecule has 7 nitrogen and oxygen atoms in total. The number of carbonyl (C=O) groups is 2. The summed E-state index contributed by atoms with van der Waals surface area (Å²) in [4.78, 5) is 32.6. The van der Waals surface area contributed by atoms with Crippen LogP contribution >= 0.6 is 0 Å². The first-order chi connectivity index (χ1) is 19.0. The lowest BCUT2D eigenvalue weighted by Crippen LogP contribution is -2.50. The smallest absolute Gasteiger partial charge is 0.416 e. The van der Waals surface area contributed by atoms with Gasteiger partial charge >= 0.3 is 12.1 Å². The fourth-order valence-electron chi connectivity index (χ4n) is 5.88. The van der Waals surface area contributed by atoms with Crippen LogP contribution in [-0.4, -0.2) is 65.9 Å². The Morgan fingerprint density at radius 2 is 1.95 bits per heavy atom. The summed E-state index contributed by atoms with van der Waals surface area (Å²) in [6.45, 7) is 6.04. The van der Waals surface area contributed by atoms with Crippen LogP contribution in [0, 0.1) is 11.8 Å². The summed E-state index contributed by atoms with van der Waals surface area (Å²) >= 11 is 0. The van der Waals surface area contributed by atoms with E-state index < -0.39 is 23.5 Å². The van der Waals surface area contributed by atoms with E-state index in [1.165, 1.54) is 5.57 Å². The summed E-state index contributed by atoms with van der Waals surface area (Å²) in [5.74, 6) is -0.517. The van der Waals surface area contributed by atoms with Crippen LogP contribution in [0.25, 0.3) is 0 Å². The van der Waals surface area contributed by atoms with E-state index in [4.69, 9.17) is 9.47 Å². The zero-order valence-electron chi connectivity index (χ0n) is 23.2. The fraction of sp³-hybridized carbons (Fsp3) is 0.633. The quantitative estimate of drug-likeness (QED) is 0.441. The topological polar surface area (TPSA) is 88.4 Å². The normalized spacial score (nSPS) is 26.4. The fourth-order valence-corrected chi connectivity index (χ4v) is 5.88. The van der Waals surface area contributed by atoms with Crippen molar-refractivity contribution in [1.82, 2.24) is 4.90 Å². The van der Waals surface area contributed by atoms with Crippen molar-refractivity contribution in [2.24, 2.45) is 16.8 Å². The molecule has 0 radical (unpaired) electrons. The summed E-state index contributed by atoms with van der Waals surface area (Å²) < 4.78 is 50.0. The van der Waals surface area contributed by atoms with Crippen LogP contribution < -0.4 is 0 Å². The average molecular weight is 565 g/mol. The highest BCUT2D eigenvalue weighted by Crippen LogP contribution is 2.35. The van der Waals surface area contributed by atoms with Crippen molar-refractivity contribution in [1.29, 1.82) is 0 Å². The number of esters is 1. The average Bonchev–Trinajstić information content (AvgIpc) is 3.08. The molecule has 10 heteroatoms. The van der Waals surface area contributed by atoms with Crippen LogP contribution in [0.3, 0.4) is 0 Å². The summed E-state index contributed by atoms with van der Waals surface area (Å²) in [5.41, 5.74) is 0.845. The molecule has 3 aliphatic rings. The third-order valence-electron chi connectivity index (χ3n) is 8.42. The number of rotatable bonds is 7. The Hall–Kier alpha value is -2.72. The van der Waals surface area contributed by atoms with E-state index in [0.29, 0.717) is 37.4 Å². The van der Waals surface area contributed by atoms with Gasteiger partial charge in [0.05, 0.1) is 24.8 Å². The van der Waals surface area contributed by atoms with E-state index in [1.807, 2.05) is 13.0 Å². The molecule has 2 aliphatic heterocycles. The minimum absolute atomic E-state index is 0.0249. The minimum atomic E-state index is -4.60. The number of Topliss-reactive ketones (excluding diaryl/α,β-unsaturated/α-hetero) is 1. The Morgan fingerprint density at radius 3 is 2.73 bits per heavy atom. The van der Waals surface area contributed by atoms with Crippen molar-refractivity contribution in [3.63, 3.8) is 0 Å². The number of hydrogen-bond acceptors (Lipinski definition) is 7. The van der Waals surface area contributed by atoms with Crippen molar-refractivity contribution in [3.05, 3.63) is 41.0 Å². The number of phenolic OH excluding ortho intramolecular Hbond substituents is 1. The molecular weight excluding hydrogens is 525 g/mol. The molecule has 4 atom stereocenters. The van der Waals surface area contributed by atoms with Crippen LogP contribution in [0.4, 0.5) is 13.2 Å². The van der Waals surface area contributed by atoms with Crippen LogP contribution in [-0.2, 0) is 31.8 Å².